The van der Waals surface area contributed by atoms with E-state index in [1.165, 1.54) is 7.11 Å². The van der Waals surface area contributed by atoms with Gasteiger partial charge in [-0.15, -0.1) is 0 Å². The molecule has 2 aromatic carbocycles. The van der Waals surface area contributed by atoms with Gasteiger partial charge in [-0.25, -0.2) is 0 Å². The lowest BCUT2D eigenvalue weighted by Gasteiger charge is -2.33. The molecule has 11 atom stereocenters. The normalized spacial score (nSPS) is 25.6. The highest BCUT2D eigenvalue weighted by molar-refractivity contribution is 6.06. The molecule has 0 bridgehead atoms. The van der Waals surface area contributed by atoms with Gasteiger partial charge in [0.25, 0.3) is 0 Å². The molecule has 62 heavy (non-hydrogen) atoms. The SMILES string of the molecule is CCCC(C(O)Cc1cc(C(C)CCC(O)C(C)O)c[nH]1)C1CC(CC2=CCNC(N)=C2)CC2C#CC(c3ccccc3)c3cc(O)c(OC)cc3CCC(=O)C(O)C(=O)C2C1. The van der Waals surface area contributed by atoms with Crippen molar-refractivity contribution in [2.45, 2.75) is 128 Å². The molecule has 0 saturated heterocycles. The Morgan fingerprint density at radius 3 is 2.44 bits per heavy atom. The number of hydrogen-bond donors (Lipinski definition) is 8. The number of aromatic amines is 1. The third-order valence-corrected chi connectivity index (χ3v) is 13.6. The standard InChI is InChI=1S/C51H67N3O8/c1-5-9-41(46(58)27-39-24-38(29-54-39)30(2)12-16-44(56)31(3)55)37-22-33(20-32-18-19-53-49(52)23-32)21-35-13-15-40(34-10-7-6-8-11-34)42-28-47(59)48(62-4)26-36(42)14-17-45(57)51(61)50(60)43(35)25-37/h6-8,10-11,18,23-24,26,28-31,33,35,37,40-41,43-44,46,51,53-56,58-59,61H,5,9,12,14,16-17,19-22,25,27,52H2,1-4H3. The first-order chi connectivity index (χ1) is 29.8. The van der Waals surface area contributed by atoms with Crippen LogP contribution in [0.25, 0.3) is 0 Å². The summed E-state index contributed by atoms with van der Waals surface area (Å²) in [5, 5.41) is 57.9. The van der Waals surface area contributed by atoms with E-state index in [9.17, 15) is 35.1 Å². The second-order valence-corrected chi connectivity index (χ2v) is 18.1. The molecule has 1 aromatic heterocycles. The number of methoxy groups -OCH3 is 1. The van der Waals surface area contributed by atoms with Gasteiger partial charge in [-0.1, -0.05) is 68.5 Å². The fourth-order valence-corrected chi connectivity index (χ4v) is 10.1. The number of carbonyl (C=O) groups is 2. The first kappa shape index (κ1) is 46.6. The smallest absolute Gasteiger partial charge is 0.173 e. The van der Waals surface area contributed by atoms with Crippen molar-refractivity contribution in [2.75, 3.05) is 13.7 Å². The Labute approximate surface area is 366 Å². The maximum Gasteiger partial charge on any atom is 0.173 e. The number of aryl methyl sites for hydroxylation is 1. The number of ether oxygens (including phenoxy) is 1. The van der Waals surface area contributed by atoms with Crippen molar-refractivity contribution >= 4 is 11.6 Å². The number of fused-ring (bicyclic) bond motifs is 2. The molecule has 1 saturated carbocycles. The number of aliphatic hydroxyl groups excluding tert-OH is 4. The Hall–Kier alpha value is -4.86. The second kappa shape index (κ2) is 21.5. The molecular weight excluding hydrogens is 783 g/mol. The van der Waals surface area contributed by atoms with Crippen molar-refractivity contribution in [2.24, 2.45) is 35.3 Å². The van der Waals surface area contributed by atoms with Gasteiger partial charge in [0.2, 0.25) is 0 Å². The quantitative estimate of drug-likeness (QED) is 0.0633. The van der Waals surface area contributed by atoms with Crippen LogP contribution in [0.2, 0.25) is 0 Å². The Morgan fingerprint density at radius 1 is 0.952 bits per heavy atom. The molecule has 0 radical (unpaired) electrons. The van der Waals surface area contributed by atoms with Crippen molar-refractivity contribution in [3.05, 3.63) is 106 Å². The number of phenolic OH excluding ortho intramolecular Hbond substituents is 1. The lowest BCUT2D eigenvalue weighted by Crippen LogP contribution is -2.40. The van der Waals surface area contributed by atoms with Crippen LogP contribution >= 0.6 is 0 Å². The minimum atomic E-state index is -1.82. The van der Waals surface area contributed by atoms with Gasteiger partial charge in [-0.3, -0.25) is 9.59 Å². The molecule has 334 valence electrons. The lowest BCUT2D eigenvalue weighted by atomic mass is 9.73. The highest BCUT2D eigenvalue weighted by Gasteiger charge is 2.43. The summed E-state index contributed by atoms with van der Waals surface area (Å²) in [6, 6.07) is 15.3. The molecule has 0 amide bonds. The number of ketones is 2. The van der Waals surface area contributed by atoms with E-state index in [0.29, 0.717) is 57.3 Å². The summed E-state index contributed by atoms with van der Waals surface area (Å²) in [5.74, 6) is 5.00. The summed E-state index contributed by atoms with van der Waals surface area (Å²) in [6.45, 7) is 6.39. The number of aliphatic hydroxyl groups is 4. The molecule has 3 aromatic rings. The molecule has 3 aliphatic rings. The van der Waals surface area contributed by atoms with Gasteiger partial charge >= 0.3 is 0 Å². The highest BCUT2D eigenvalue weighted by Crippen LogP contribution is 2.45. The minimum Gasteiger partial charge on any atom is -0.504 e. The van der Waals surface area contributed by atoms with E-state index in [0.717, 1.165) is 46.4 Å². The molecule has 11 unspecified atom stereocenters. The third kappa shape index (κ3) is 11.6. The van der Waals surface area contributed by atoms with E-state index in [1.807, 2.05) is 42.6 Å². The van der Waals surface area contributed by atoms with Crippen LogP contribution in [0, 0.1) is 41.4 Å². The van der Waals surface area contributed by atoms with Crippen molar-refractivity contribution in [1.29, 1.82) is 0 Å². The third-order valence-electron chi connectivity index (χ3n) is 13.6. The first-order valence-electron chi connectivity index (χ1n) is 22.6. The predicted octanol–water partition coefficient (Wildman–Crippen LogP) is 6.32. The molecule has 11 heteroatoms. The van der Waals surface area contributed by atoms with E-state index in [1.54, 1.807) is 19.1 Å². The Kier molecular flexibility index (Phi) is 16.2. The van der Waals surface area contributed by atoms with Crippen molar-refractivity contribution < 1.29 is 39.9 Å². The number of hydrogen-bond acceptors (Lipinski definition) is 10. The van der Waals surface area contributed by atoms with Crippen LogP contribution in [0.5, 0.6) is 11.5 Å². The summed E-state index contributed by atoms with van der Waals surface area (Å²) in [4.78, 5) is 31.9. The number of carbonyl (C=O) groups excluding carboxylic acids is 2. The van der Waals surface area contributed by atoms with Crippen molar-refractivity contribution in [1.82, 2.24) is 10.3 Å². The second-order valence-electron chi connectivity index (χ2n) is 18.1. The zero-order valence-electron chi connectivity index (χ0n) is 36.7. The molecule has 1 fully saturated rings. The number of phenols is 1. The summed E-state index contributed by atoms with van der Waals surface area (Å²) in [5.41, 5.74) is 11.7. The molecule has 9 N–H and O–H groups in total. The van der Waals surface area contributed by atoms with Crippen molar-refractivity contribution in [3.8, 4) is 23.3 Å². The maximum absolute atomic E-state index is 14.7. The number of allylic oxidation sites excluding steroid dienone is 2. The summed E-state index contributed by atoms with van der Waals surface area (Å²) in [6.07, 6.45) is 7.42. The Morgan fingerprint density at radius 2 is 1.73 bits per heavy atom. The van der Waals surface area contributed by atoms with Crippen LogP contribution in [0.1, 0.15) is 118 Å². The largest absolute Gasteiger partial charge is 0.504 e. The molecule has 2 heterocycles. The van der Waals surface area contributed by atoms with Gasteiger partial charge in [0.05, 0.1) is 37.2 Å². The number of dihydropyridines is 1. The van der Waals surface area contributed by atoms with Gasteiger partial charge in [-0.05, 0) is 134 Å². The fourth-order valence-electron chi connectivity index (χ4n) is 10.1. The van der Waals surface area contributed by atoms with E-state index >= 15 is 0 Å². The van der Waals surface area contributed by atoms with Crippen LogP contribution in [-0.2, 0) is 22.4 Å². The number of Topliss-reactive ketones (excluding diaryl/α,β-unsaturated/α-hetero) is 2. The Bertz CT molecular complexity index is 2110. The topological polar surface area (TPSA) is 198 Å². The van der Waals surface area contributed by atoms with Crippen LogP contribution in [0.15, 0.2) is 78.3 Å². The average Bonchev–Trinajstić information content (AvgIpc) is 3.65. The fraction of sp³-hybridized carbons (Fsp3) is 0.529. The highest BCUT2D eigenvalue weighted by atomic mass is 16.5. The number of nitrogens with one attached hydrogen (secondary N) is 2. The van der Waals surface area contributed by atoms with Gasteiger partial charge in [0.15, 0.2) is 29.2 Å². The van der Waals surface area contributed by atoms with E-state index in [2.05, 4.69) is 48.1 Å². The van der Waals surface area contributed by atoms with E-state index < -0.39 is 53.7 Å². The lowest BCUT2D eigenvalue weighted by molar-refractivity contribution is -0.142. The average molecular weight is 850 g/mol. The maximum atomic E-state index is 14.7. The first-order valence-corrected chi connectivity index (χ1v) is 22.6. The van der Waals surface area contributed by atoms with E-state index in [-0.39, 0.29) is 48.0 Å². The van der Waals surface area contributed by atoms with Crippen molar-refractivity contribution in [3.63, 3.8) is 0 Å². The van der Waals surface area contributed by atoms with Gasteiger partial charge in [-0.2, -0.15) is 0 Å². The van der Waals surface area contributed by atoms with Crippen LogP contribution in [0.4, 0.5) is 0 Å². The van der Waals surface area contributed by atoms with Crippen LogP contribution in [0.3, 0.4) is 0 Å². The number of benzene rings is 2. The molecule has 2 aliphatic carbocycles. The Balaban J connectivity index is 1.39. The number of H-pyrrole nitrogens is 1. The molecular formula is C51H67N3O8. The molecule has 0 spiro atoms. The molecule has 1 aliphatic heterocycles. The van der Waals surface area contributed by atoms with Crippen LogP contribution in [-0.4, -0.2) is 80.2 Å². The van der Waals surface area contributed by atoms with Gasteiger partial charge in [0.1, 0.15) is 0 Å². The molecule has 11 nitrogen and oxygen atoms in total. The summed E-state index contributed by atoms with van der Waals surface area (Å²) >= 11 is 0. The molecule has 6 rings (SSSR count). The minimum absolute atomic E-state index is 0.0430. The number of nitrogens with two attached hydrogens (primary N) is 1. The number of aromatic hydroxyl groups is 1. The predicted molar refractivity (Wildman–Crippen MR) is 240 cm³/mol. The van der Waals surface area contributed by atoms with Gasteiger partial charge in [0, 0.05) is 43.1 Å². The zero-order valence-corrected chi connectivity index (χ0v) is 36.7. The number of aromatic nitrogens is 1. The monoisotopic (exact) mass is 849 g/mol. The van der Waals surface area contributed by atoms with Crippen LogP contribution < -0.4 is 15.8 Å². The zero-order chi connectivity index (χ0) is 44.5. The van der Waals surface area contributed by atoms with Gasteiger partial charge < -0.3 is 46.3 Å². The summed E-state index contributed by atoms with van der Waals surface area (Å²) in [7, 11) is 1.47. The summed E-state index contributed by atoms with van der Waals surface area (Å²) < 4.78 is 5.46. The number of rotatable bonds is 15. The van der Waals surface area contributed by atoms with E-state index in [4.69, 9.17) is 10.5 Å².